The lowest BCUT2D eigenvalue weighted by Gasteiger charge is -2.26. The Morgan fingerprint density at radius 1 is 1.09 bits per heavy atom. The summed E-state index contributed by atoms with van der Waals surface area (Å²) in [6.45, 7) is 4.18. The standard InChI is InChI=1S/C25H25BrN2O4/c1-25(2,18-7-5-4-6-8-18)19-9-11-20(12-10-19)32-16-23(29)28-27-15-17-13-21(26)24(30)22(14-17)31-3/h4-15,30H,16H2,1-3H3,(H,28,29). The molecule has 0 bridgehead atoms. The number of hydrogen-bond acceptors (Lipinski definition) is 5. The van der Waals surface area contributed by atoms with Crippen molar-refractivity contribution in [2.75, 3.05) is 13.7 Å². The molecule has 0 saturated carbocycles. The second-order valence-corrected chi connectivity index (χ2v) is 8.51. The molecule has 3 rings (SSSR count). The van der Waals surface area contributed by atoms with Crippen molar-refractivity contribution < 1.29 is 19.4 Å². The number of nitrogens with zero attached hydrogens (tertiary/aromatic N) is 1. The van der Waals surface area contributed by atoms with Crippen LogP contribution in [0.15, 0.2) is 76.3 Å². The average molecular weight is 497 g/mol. The molecule has 0 saturated heterocycles. The molecule has 0 fully saturated rings. The Morgan fingerprint density at radius 2 is 1.75 bits per heavy atom. The summed E-state index contributed by atoms with van der Waals surface area (Å²) in [5.74, 6) is 0.512. The van der Waals surface area contributed by atoms with Gasteiger partial charge in [-0.1, -0.05) is 56.3 Å². The summed E-state index contributed by atoms with van der Waals surface area (Å²) in [6, 6.07) is 21.3. The lowest BCUT2D eigenvalue weighted by Crippen LogP contribution is -2.24. The highest BCUT2D eigenvalue weighted by Crippen LogP contribution is 2.35. The largest absolute Gasteiger partial charge is 0.503 e. The number of benzene rings is 3. The predicted octanol–water partition coefficient (Wildman–Crippen LogP) is 5.02. The van der Waals surface area contributed by atoms with E-state index in [1.807, 2.05) is 42.5 Å². The van der Waals surface area contributed by atoms with Gasteiger partial charge in [-0.3, -0.25) is 4.79 Å². The molecular weight excluding hydrogens is 472 g/mol. The first-order chi connectivity index (χ1) is 15.3. The zero-order valence-corrected chi connectivity index (χ0v) is 19.7. The third-order valence-corrected chi connectivity index (χ3v) is 5.72. The number of rotatable bonds is 8. The highest BCUT2D eigenvalue weighted by atomic mass is 79.9. The molecule has 3 aromatic rings. The van der Waals surface area contributed by atoms with Crippen LogP contribution in [-0.4, -0.2) is 30.9 Å². The minimum Gasteiger partial charge on any atom is -0.503 e. The molecule has 0 unspecified atom stereocenters. The van der Waals surface area contributed by atoms with E-state index in [1.165, 1.54) is 18.9 Å². The summed E-state index contributed by atoms with van der Waals surface area (Å²) in [5.41, 5.74) is 5.30. The fourth-order valence-electron chi connectivity index (χ4n) is 3.17. The number of methoxy groups -OCH3 is 1. The molecule has 0 radical (unpaired) electrons. The molecule has 0 heterocycles. The number of carbonyl (C=O) groups excluding carboxylic acids is 1. The molecule has 0 atom stereocenters. The molecule has 1 amide bonds. The first kappa shape index (κ1) is 23.3. The van der Waals surface area contributed by atoms with Gasteiger partial charge in [0.15, 0.2) is 18.1 Å². The Morgan fingerprint density at radius 3 is 2.41 bits per heavy atom. The van der Waals surface area contributed by atoms with Crippen LogP contribution in [0.5, 0.6) is 17.2 Å². The van der Waals surface area contributed by atoms with E-state index in [4.69, 9.17) is 9.47 Å². The Hall–Kier alpha value is -3.32. The Balaban J connectivity index is 1.54. The van der Waals surface area contributed by atoms with Gasteiger partial charge in [0.2, 0.25) is 0 Å². The fourth-order valence-corrected chi connectivity index (χ4v) is 3.63. The molecule has 0 aliphatic carbocycles. The molecule has 0 aliphatic rings. The first-order valence-electron chi connectivity index (χ1n) is 9.98. The number of phenolic OH excluding ortho intramolecular Hbond substituents is 1. The van der Waals surface area contributed by atoms with Gasteiger partial charge in [0.1, 0.15) is 5.75 Å². The summed E-state index contributed by atoms with van der Waals surface area (Å²) >= 11 is 3.24. The van der Waals surface area contributed by atoms with Gasteiger partial charge >= 0.3 is 0 Å². The molecule has 2 N–H and O–H groups in total. The molecule has 0 aliphatic heterocycles. The van der Waals surface area contributed by atoms with Crippen LogP contribution >= 0.6 is 15.9 Å². The van der Waals surface area contributed by atoms with E-state index in [9.17, 15) is 9.90 Å². The number of aromatic hydroxyl groups is 1. The van der Waals surface area contributed by atoms with Crippen LogP contribution in [0.4, 0.5) is 0 Å². The average Bonchev–Trinajstić information content (AvgIpc) is 2.80. The second-order valence-electron chi connectivity index (χ2n) is 7.65. The fraction of sp³-hybridized carbons (Fsp3) is 0.200. The minimum atomic E-state index is -0.389. The van der Waals surface area contributed by atoms with Crippen LogP contribution < -0.4 is 14.9 Å². The highest BCUT2D eigenvalue weighted by Gasteiger charge is 2.22. The van der Waals surface area contributed by atoms with Crippen LogP contribution in [0, 0.1) is 0 Å². The summed E-state index contributed by atoms with van der Waals surface area (Å²) in [4.78, 5) is 12.0. The van der Waals surface area contributed by atoms with Gasteiger partial charge in [0, 0.05) is 5.41 Å². The van der Waals surface area contributed by atoms with Crippen molar-refractivity contribution in [3.8, 4) is 17.2 Å². The quantitative estimate of drug-likeness (QED) is 0.339. The van der Waals surface area contributed by atoms with Crippen molar-refractivity contribution in [2.24, 2.45) is 5.10 Å². The van der Waals surface area contributed by atoms with Crippen molar-refractivity contribution in [3.63, 3.8) is 0 Å². The van der Waals surface area contributed by atoms with Crippen molar-refractivity contribution in [2.45, 2.75) is 19.3 Å². The maximum absolute atomic E-state index is 12.0. The SMILES string of the molecule is COc1cc(C=NNC(=O)COc2ccc(C(C)(C)c3ccccc3)cc2)cc(Br)c1O. The number of phenols is 1. The molecular formula is C25H25BrN2O4. The zero-order chi connectivity index (χ0) is 23.1. The van der Waals surface area contributed by atoms with Crippen LogP contribution in [0.25, 0.3) is 0 Å². The van der Waals surface area contributed by atoms with Crippen LogP contribution in [0.3, 0.4) is 0 Å². The Kier molecular flexibility index (Phi) is 7.53. The molecule has 32 heavy (non-hydrogen) atoms. The van der Waals surface area contributed by atoms with Crippen LogP contribution in [-0.2, 0) is 10.2 Å². The normalized spacial score (nSPS) is 11.4. The van der Waals surface area contributed by atoms with Gasteiger partial charge in [0.05, 0.1) is 17.8 Å². The number of halogens is 1. The lowest BCUT2D eigenvalue weighted by molar-refractivity contribution is -0.123. The molecule has 7 heteroatoms. The number of carbonyl (C=O) groups is 1. The van der Waals surface area contributed by atoms with E-state index in [2.05, 4.69) is 52.4 Å². The minimum absolute atomic E-state index is 0.000241. The van der Waals surface area contributed by atoms with Gasteiger partial charge < -0.3 is 14.6 Å². The third kappa shape index (κ3) is 5.68. The van der Waals surface area contributed by atoms with Gasteiger partial charge in [-0.2, -0.15) is 5.10 Å². The zero-order valence-electron chi connectivity index (χ0n) is 18.1. The van der Waals surface area contributed by atoms with E-state index in [0.29, 0.717) is 21.5 Å². The highest BCUT2D eigenvalue weighted by molar-refractivity contribution is 9.10. The Bertz CT molecular complexity index is 1100. The second kappa shape index (κ2) is 10.3. The molecule has 0 aromatic heterocycles. The van der Waals surface area contributed by atoms with E-state index in [0.717, 1.165) is 5.56 Å². The summed E-state index contributed by atoms with van der Waals surface area (Å²) < 4.78 is 11.1. The van der Waals surface area contributed by atoms with Crippen molar-refractivity contribution in [1.29, 1.82) is 0 Å². The Labute approximate surface area is 196 Å². The number of nitrogens with one attached hydrogen (secondary N) is 1. The lowest BCUT2D eigenvalue weighted by atomic mass is 9.78. The van der Waals surface area contributed by atoms with E-state index in [-0.39, 0.29) is 23.7 Å². The third-order valence-electron chi connectivity index (χ3n) is 5.11. The molecule has 3 aromatic carbocycles. The molecule has 166 valence electrons. The van der Waals surface area contributed by atoms with Crippen molar-refractivity contribution >= 4 is 28.1 Å². The van der Waals surface area contributed by atoms with Gasteiger partial charge in [0.25, 0.3) is 5.91 Å². The van der Waals surface area contributed by atoms with Gasteiger partial charge in [-0.05, 0) is 56.9 Å². The van der Waals surface area contributed by atoms with E-state index >= 15 is 0 Å². The summed E-state index contributed by atoms with van der Waals surface area (Å²) in [6.07, 6.45) is 1.45. The van der Waals surface area contributed by atoms with E-state index in [1.54, 1.807) is 12.1 Å². The molecule has 6 nitrogen and oxygen atoms in total. The maximum Gasteiger partial charge on any atom is 0.277 e. The number of amides is 1. The number of hydrazone groups is 1. The number of hydrogen-bond donors (Lipinski definition) is 2. The van der Waals surface area contributed by atoms with Crippen LogP contribution in [0.2, 0.25) is 0 Å². The predicted molar refractivity (Wildman–Crippen MR) is 129 cm³/mol. The van der Waals surface area contributed by atoms with Gasteiger partial charge in [-0.15, -0.1) is 0 Å². The van der Waals surface area contributed by atoms with E-state index < -0.39 is 0 Å². The van der Waals surface area contributed by atoms with Gasteiger partial charge in [-0.25, -0.2) is 5.43 Å². The van der Waals surface area contributed by atoms with Crippen molar-refractivity contribution in [3.05, 3.63) is 87.9 Å². The maximum atomic E-state index is 12.0. The first-order valence-corrected chi connectivity index (χ1v) is 10.8. The number of ether oxygens (including phenoxy) is 2. The summed E-state index contributed by atoms with van der Waals surface area (Å²) in [7, 11) is 1.46. The smallest absolute Gasteiger partial charge is 0.277 e. The molecule has 0 spiro atoms. The monoisotopic (exact) mass is 496 g/mol. The topological polar surface area (TPSA) is 80.2 Å². The summed E-state index contributed by atoms with van der Waals surface area (Å²) in [5, 5.41) is 13.7. The van der Waals surface area contributed by atoms with Crippen molar-refractivity contribution in [1.82, 2.24) is 5.43 Å². The van der Waals surface area contributed by atoms with Crippen LogP contribution in [0.1, 0.15) is 30.5 Å².